The zero-order valence-electron chi connectivity index (χ0n) is 13.4. The number of aliphatic carboxylic acids is 1. The normalized spacial score (nSPS) is 15.3. The van der Waals surface area contributed by atoms with Gasteiger partial charge in [0.05, 0.1) is 11.6 Å². The van der Waals surface area contributed by atoms with Crippen LogP contribution >= 0.6 is 0 Å². The van der Waals surface area contributed by atoms with Crippen molar-refractivity contribution < 1.29 is 14.3 Å². The molecule has 2 heterocycles. The number of hydrogen-bond acceptors (Lipinski definition) is 5. The minimum atomic E-state index is -0.740. The lowest BCUT2D eigenvalue weighted by Crippen LogP contribution is -2.36. The first-order valence-corrected chi connectivity index (χ1v) is 7.88. The number of nitrogens with zero attached hydrogens (tertiary/aromatic N) is 3. The molecule has 0 radical (unpaired) electrons. The van der Waals surface area contributed by atoms with E-state index in [1.165, 1.54) is 6.07 Å². The van der Waals surface area contributed by atoms with Crippen molar-refractivity contribution in [2.75, 3.05) is 23.3 Å². The first kappa shape index (κ1) is 16.2. The molecule has 6 nitrogen and oxygen atoms in total. The Bertz CT molecular complexity index is 745. The van der Waals surface area contributed by atoms with E-state index >= 15 is 0 Å². The molecular weight excluding hydrogens is 311 g/mol. The number of anilines is 3. The predicted molar refractivity (Wildman–Crippen MR) is 89.0 cm³/mol. The van der Waals surface area contributed by atoms with Crippen LogP contribution in [-0.2, 0) is 4.79 Å². The lowest BCUT2D eigenvalue weighted by Gasteiger charge is -2.31. The molecule has 2 N–H and O–H groups in total. The summed E-state index contributed by atoms with van der Waals surface area (Å²) in [6, 6.07) is 8.17. The number of nitrogens with one attached hydrogen (secondary N) is 1. The lowest BCUT2D eigenvalue weighted by molar-refractivity contribution is -0.142. The number of aromatic nitrogens is 2. The van der Waals surface area contributed by atoms with Gasteiger partial charge in [-0.2, -0.15) is 0 Å². The zero-order valence-corrected chi connectivity index (χ0v) is 13.4. The van der Waals surface area contributed by atoms with E-state index in [9.17, 15) is 9.18 Å². The number of rotatable bonds is 4. The number of aryl methyl sites for hydroxylation is 1. The van der Waals surface area contributed by atoms with Crippen LogP contribution in [0.15, 0.2) is 30.3 Å². The average Bonchev–Trinajstić information content (AvgIpc) is 2.56. The Morgan fingerprint density at radius 2 is 2.00 bits per heavy atom. The molecule has 24 heavy (non-hydrogen) atoms. The van der Waals surface area contributed by atoms with Crippen LogP contribution in [0, 0.1) is 18.7 Å². The third-order valence-electron chi connectivity index (χ3n) is 4.13. The van der Waals surface area contributed by atoms with Gasteiger partial charge in [-0.15, -0.1) is 0 Å². The van der Waals surface area contributed by atoms with Gasteiger partial charge in [0.1, 0.15) is 23.3 Å². The molecule has 0 aliphatic carbocycles. The number of carboxylic acids is 1. The van der Waals surface area contributed by atoms with Gasteiger partial charge < -0.3 is 15.3 Å². The molecule has 0 unspecified atom stereocenters. The minimum Gasteiger partial charge on any atom is -0.481 e. The molecule has 0 atom stereocenters. The number of hydrogen-bond donors (Lipinski definition) is 2. The highest BCUT2D eigenvalue weighted by molar-refractivity contribution is 5.70. The number of halogens is 1. The summed E-state index contributed by atoms with van der Waals surface area (Å²) < 4.78 is 13.8. The molecule has 1 saturated heterocycles. The Kier molecular flexibility index (Phi) is 4.59. The minimum absolute atomic E-state index is 0.291. The van der Waals surface area contributed by atoms with Gasteiger partial charge in [0.25, 0.3) is 0 Å². The summed E-state index contributed by atoms with van der Waals surface area (Å²) in [6.45, 7) is 3.04. The van der Waals surface area contributed by atoms with Crippen LogP contribution in [0.2, 0.25) is 0 Å². The standard InChI is InChI=1S/C17H19FN4O2/c1-11-19-15(21-14-5-3-2-4-13(14)18)10-16(20-11)22-8-6-12(7-9-22)17(23)24/h2-5,10,12H,6-9H2,1H3,(H,23,24)(H,19,20,21). The summed E-state index contributed by atoms with van der Waals surface area (Å²) in [5.74, 6) is 0.438. The molecule has 0 spiro atoms. The third kappa shape index (κ3) is 3.61. The van der Waals surface area contributed by atoms with Crippen molar-refractivity contribution in [3.63, 3.8) is 0 Å². The van der Waals surface area contributed by atoms with Crippen LogP contribution in [0.1, 0.15) is 18.7 Å². The van der Waals surface area contributed by atoms with Gasteiger partial charge in [0, 0.05) is 19.2 Å². The molecule has 0 bridgehead atoms. The van der Waals surface area contributed by atoms with Crippen LogP contribution in [0.4, 0.5) is 21.7 Å². The number of benzene rings is 1. The van der Waals surface area contributed by atoms with Gasteiger partial charge >= 0.3 is 5.97 Å². The topological polar surface area (TPSA) is 78.4 Å². The van der Waals surface area contributed by atoms with Crippen molar-refractivity contribution in [2.24, 2.45) is 5.92 Å². The summed E-state index contributed by atoms with van der Waals surface area (Å²) >= 11 is 0. The van der Waals surface area contributed by atoms with Crippen LogP contribution < -0.4 is 10.2 Å². The second-order valence-corrected chi connectivity index (χ2v) is 5.86. The Labute approximate surface area is 139 Å². The maximum absolute atomic E-state index is 13.8. The van der Waals surface area contributed by atoms with E-state index in [0.29, 0.717) is 43.3 Å². The summed E-state index contributed by atoms with van der Waals surface area (Å²) in [6.07, 6.45) is 1.18. The summed E-state index contributed by atoms with van der Waals surface area (Å²) in [4.78, 5) is 21.8. The Balaban J connectivity index is 1.77. The second kappa shape index (κ2) is 6.82. The largest absolute Gasteiger partial charge is 0.481 e. The van der Waals surface area contributed by atoms with Gasteiger partial charge in [-0.1, -0.05) is 12.1 Å². The maximum Gasteiger partial charge on any atom is 0.306 e. The fourth-order valence-corrected chi connectivity index (χ4v) is 2.83. The van der Waals surface area contributed by atoms with Gasteiger partial charge in [-0.25, -0.2) is 14.4 Å². The molecule has 1 aromatic carbocycles. The lowest BCUT2D eigenvalue weighted by atomic mass is 9.97. The monoisotopic (exact) mass is 330 g/mol. The van der Waals surface area contributed by atoms with Gasteiger partial charge in [0.15, 0.2) is 0 Å². The molecule has 126 valence electrons. The first-order chi connectivity index (χ1) is 11.5. The van der Waals surface area contributed by atoms with E-state index in [1.54, 1.807) is 31.2 Å². The van der Waals surface area contributed by atoms with Crippen LogP contribution in [0.3, 0.4) is 0 Å². The first-order valence-electron chi connectivity index (χ1n) is 7.88. The second-order valence-electron chi connectivity index (χ2n) is 5.86. The van der Waals surface area contributed by atoms with Crippen molar-refractivity contribution in [1.82, 2.24) is 9.97 Å². The van der Waals surface area contributed by atoms with Crippen molar-refractivity contribution in [2.45, 2.75) is 19.8 Å². The number of piperidine rings is 1. The smallest absolute Gasteiger partial charge is 0.306 e. The SMILES string of the molecule is Cc1nc(Nc2ccccc2F)cc(N2CCC(C(=O)O)CC2)n1. The third-order valence-corrected chi connectivity index (χ3v) is 4.13. The highest BCUT2D eigenvalue weighted by Crippen LogP contribution is 2.25. The summed E-state index contributed by atoms with van der Waals surface area (Å²) in [7, 11) is 0. The molecule has 7 heteroatoms. The highest BCUT2D eigenvalue weighted by atomic mass is 19.1. The van der Waals surface area contributed by atoms with Gasteiger partial charge in [-0.05, 0) is 31.9 Å². The fourth-order valence-electron chi connectivity index (χ4n) is 2.83. The number of carbonyl (C=O) groups is 1. The molecule has 0 amide bonds. The van der Waals surface area contributed by atoms with Crippen LogP contribution in [-0.4, -0.2) is 34.1 Å². The Morgan fingerprint density at radius 1 is 1.29 bits per heavy atom. The van der Waals surface area contributed by atoms with E-state index in [0.717, 1.165) is 5.82 Å². The molecule has 2 aromatic rings. The molecule has 3 rings (SSSR count). The molecule has 1 fully saturated rings. The highest BCUT2D eigenvalue weighted by Gasteiger charge is 2.25. The number of carboxylic acid groups (broad SMARTS) is 1. The Morgan fingerprint density at radius 3 is 2.67 bits per heavy atom. The van der Waals surface area contributed by atoms with Gasteiger partial charge in [0.2, 0.25) is 0 Å². The molecule has 1 aromatic heterocycles. The number of para-hydroxylation sites is 1. The maximum atomic E-state index is 13.8. The van der Waals surface area contributed by atoms with E-state index in [-0.39, 0.29) is 11.7 Å². The van der Waals surface area contributed by atoms with E-state index in [4.69, 9.17) is 5.11 Å². The molecule has 1 aliphatic heterocycles. The zero-order chi connectivity index (χ0) is 17.1. The summed E-state index contributed by atoms with van der Waals surface area (Å²) in [5, 5.41) is 12.1. The fraction of sp³-hybridized carbons (Fsp3) is 0.353. The van der Waals surface area contributed by atoms with E-state index in [2.05, 4.69) is 15.3 Å². The van der Waals surface area contributed by atoms with Crippen molar-refractivity contribution >= 4 is 23.3 Å². The molecular formula is C17H19FN4O2. The van der Waals surface area contributed by atoms with Crippen molar-refractivity contribution in [3.05, 3.63) is 42.0 Å². The van der Waals surface area contributed by atoms with Crippen molar-refractivity contribution in [3.8, 4) is 0 Å². The van der Waals surface area contributed by atoms with Crippen molar-refractivity contribution in [1.29, 1.82) is 0 Å². The Hall–Kier alpha value is -2.70. The van der Waals surface area contributed by atoms with E-state index < -0.39 is 5.97 Å². The summed E-state index contributed by atoms with van der Waals surface area (Å²) in [5.41, 5.74) is 0.353. The molecule has 0 saturated carbocycles. The van der Waals surface area contributed by atoms with Gasteiger partial charge in [-0.3, -0.25) is 4.79 Å². The van der Waals surface area contributed by atoms with Crippen LogP contribution in [0.25, 0.3) is 0 Å². The quantitative estimate of drug-likeness (QED) is 0.897. The predicted octanol–water partition coefficient (Wildman–Crippen LogP) is 2.97. The van der Waals surface area contributed by atoms with E-state index in [1.807, 2.05) is 4.90 Å². The molecule has 1 aliphatic rings. The average molecular weight is 330 g/mol. The van der Waals surface area contributed by atoms with Crippen LogP contribution in [0.5, 0.6) is 0 Å².